The zero-order chi connectivity index (χ0) is 14.1. The van der Waals surface area contributed by atoms with Crippen molar-refractivity contribution in [3.8, 4) is 0 Å². The summed E-state index contributed by atoms with van der Waals surface area (Å²) in [5.41, 5.74) is 0.440. The highest BCUT2D eigenvalue weighted by Gasteiger charge is 2.20. The molecule has 2 aromatic carbocycles. The maximum absolute atomic E-state index is 12.2. The van der Waals surface area contributed by atoms with Crippen molar-refractivity contribution in [1.82, 2.24) is 4.40 Å². The van der Waals surface area contributed by atoms with Crippen molar-refractivity contribution in [2.45, 2.75) is 0 Å². The molecular weight excluding hydrogens is 270 g/mol. The molecule has 0 spiro atoms. The van der Waals surface area contributed by atoms with Gasteiger partial charge in [-0.2, -0.15) is 0 Å². The second-order valence-electron chi connectivity index (χ2n) is 4.97. The molecule has 5 aromatic rings. The van der Waals surface area contributed by atoms with Gasteiger partial charge in [-0.3, -0.25) is 0 Å². The Balaban J connectivity index is 2.37. The molecule has 0 saturated carbocycles. The van der Waals surface area contributed by atoms with Crippen molar-refractivity contribution in [1.29, 1.82) is 0 Å². The van der Waals surface area contributed by atoms with Crippen LogP contribution in [0.3, 0.4) is 0 Å². The smallest absolute Gasteiger partial charge is 0.347 e. The van der Waals surface area contributed by atoms with Gasteiger partial charge >= 0.3 is 11.3 Å². The summed E-state index contributed by atoms with van der Waals surface area (Å²) in [4.78, 5) is 24.4. The van der Waals surface area contributed by atoms with E-state index in [4.69, 9.17) is 8.83 Å². The number of fused-ring (bicyclic) bond motifs is 3. The lowest BCUT2D eigenvalue weighted by molar-refractivity contribution is 0.527. The van der Waals surface area contributed by atoms with Crippen molar-refractivity contribution in [2.24, 2.45) is 0 Å². The summed E-state index contributed by atoms with van der Waals surface area (Å²) in [5, 5.41) is 2.24. The summed E-state index contributed by atoms with van der Waals surface area (Å²) in [5.74, 6) is 0. The molecule has 0 bridgehead atoms. The van der Waals surface area contributed by atoms with Gasteiger partial charge in [0.2, 0.25) is 11.4 Å². The molecule has 0 aliphatic rings. The number of nitrogens with zero attached hydrogens (tertiary/aromatic N) is 1. The van der Waals surface area contributed by atoms with Crippen LogP contribution in [0.4, 0.5) is 0 Å². The van der Waals surface area contributed by atoms with E-state index < -0.39 is 11.3 Å². The van der Waals surface area contributed by atoms with E-state index in [1.165, 1.54) is 0 Å². The summed E-state index contributed by atoms with van der Waals surface area (Å²) >= 11 is 0. The van der Waals surface area contributed by atoms with E-state index in [2.05, 4.69) is 0 Å². The van der Waals surface area contributed by atoms with E-state index in [1.54, 1.807) is 22.6 Å². The molecule has 0 aliphatic heterocycles. The summed E-state index contributed by atoms with van der Waals surface area (Å²) in [6.45, 7) is 0. The number of para-hydroxylation sites is 1. The second kappa shape index (κ2) is 3.32. The lowest BCUT2D eigenvalue weighted by Crippen LogP contribution is -2.09. The van der Waals surface area contributed by atoms with Crippen LogP contribution in [-0.2, 0) is 0 Å². The minimum absolute atomic E-state index is 0.373. The molecule has 0 saturated heterocycles. The van der Waals surface area contributed by atoms with E-state index in [9.17, 15) is 9.59 Å². The second-order valence-corrected chi connectivity index (χ2v) is 4.97. The quantitative estimate of drug-likeness (QED) is 0.436. The maximum atomic E-state index is 12.2. The third kappa shape index (κ3) is 1.12. The molecule has 0 N–H and O–H groups in total. The van der Waals surface area contributed by atoms with Gasteiger partial charge in [-0.05, 0) is 24.3 Å². The Bertz CT molecular complexity index is 1180. The van der Waals surface area contributed by atoms with Gasteiger partial charge in [0.05, 0.1) is 16.3 Å². The number of benzene rings is 2. The standard InChI is InChI=1S/C16H7NO4/c18-15-10-6-3-7-11-12(10)17-13(20-15)8-4-1-2-5-9(8)14(17)21-16(11)19/h1-7H. The number of rotatable bonds is 0. The van der Waals surface area contributed by atoms with Crippen LogP contribution in [0.1, 0.15) is 0 Å². The summed E-state index contributed by atoms with van der Waals surface area (Å²) in [6, 6.07) is 12.3. The van der Waals surface area contributed by atoms with Gasteiger partial charge < -0.3 is 8.83 Å². The molecular formula is C16H7NO4. The molecule has 5 heteroatoms. The normalized spacial score (nSPS) is 12.2. The SMILES string of the molecule is O=c1oc2c3ccccc3c3oc(=O)c4cccc1c4n23. The van der Waals surface area contributed by atoms with Crippen molar-refractivity contribution in [2.75, 3.05) is 0 Å². The van der Waals surface area contributed by atoms with Gasteiger partial charge in [-0.15, -0.1) is 0 Å². The van der Waals surface area contributed by atoms with Crippen molar-refractivity contribution in [3.63, 3.8) is 0 Å². The molecule has 0 radical (unpaired) electrons. The monoisotopic (exact) mass is 277 g/mol. The molecule has 5 rings (SSSR count). The minimum atomic E-state index is -0.455. The Kier molecular flexibility index (Phi) is 1.69. The molecule has 100 valence electrons. The molecule has 5 nitrogen and oxygen atoms in total. The molecule has 0 atom stereocenters. The Morgan fingerprint density at radius 1 is 0.667 bits per heavy atom. The van der Waals surface area contributed by atoms with Gasteiger partial charge in [0.1, 0.15) is 0 Å². The Morgan fingerprint density at radius 3 is 1.67 bits per heavy atom. The molecule has 0 amide bonds. The first kappa shape index (κ1) is 10.7. The molecule has 3 heterocycles. The number of aromatic nitrogens is 1. The predicted octanol–water partition coefficient (Wildman–Crippen LogP) is 2.74. The lowest BCUT2D eigenvalue weighted by atomic mass is 10.2. The predicted molar refractivity (Wildman–Crippen MR) is 78.2 cm³/mol. The molecule has 0 fully saturated rings. The van der Waals surface area contributed by atoms with Gasteiger partial charge in [0.15, 0.2) is 0 Å². The summed E-state index contributed by atoms with van der Waals surface area (Å²) in [7, 11) is 0. The highest BCUT2D eigenvalue weighted by atomic mass is 16.4. The van der Waals surface area contributed by atoms with Gasteiger partial charge in [-0.25, -0.2) is 14.0 Å². The Labute approximate surface area is 116 Å². The number of hydrogen-bond donors (Lipinski definition) is 0. The highest BCUT2D eigenvalue weighted by molar-refractivity contribution is 6.09. The molecule has 0 aliphatic carbocycles. The fourth-order valence-electron chi connectivity index (χ4n) is 2.99. The van der Waals surface area contributed by atoms with Crippen LogP contribution < -0.4 is 11.3 Å². The minimum Gasteiger partial charge on any atom is -0.404 e. The van der Waals surface area contributed by atoms with Crippen LogP contribution >= 0.6 is 0 Å². The van der Waals surface area contributed by atoms with Crippen LogP contribution in [0.2, 0.25) is 0 Å². The van der Waals surface area contributed by atoms with Gasteiger partial charge in [0.25, 0.3) is 0 Å². The van der Waals surface area contributed by atoms with Crippen LogP contribution in [0, 0.1) is 0 Å². The van der Waals surface area contributed by atoms with Crippen molar-refractivity contribution >= 4 is 38.5 Å². The largest absolute Gasteiger partial charge is 0.404 e. The summed E-state index contributed by atoms with van der Waals surface area (Å²) < 4.78 is 12.6. The average Bonchev–Trinajstić information content (AvgIpc) is 2.82. The van der Waals surface area contributed by atoms with E-state index in [0.29, 0.717) is 27.7 Å². The van der Waals surface area contributed by atoms with E-state index >= 15 is 0 Å². The van der Waals surface area contributed by atoms with Crippen LogP contribution in [-0.4, -0.2) is 4.40 Å². The number of hydrogen-bond acceptors (Lipinski definition) is 4. The lowest BCUT2D eigenvalue weighted by Gasteiger charge is -2.04. The van der Waals surface area contributed by atoms with Gasteiger partial charge in [0, 0.05) is 10.8 Å². The van der Waals surface area contributed by atoms with E-state index in [-0.39, 0.29) is 0 Å². The maximum Gasteiger partial charge on any atom is 0.347 e. The van der Waals surface area contributed by atoms with Crippen LogP contribution in [0.5, 0.6) is 0 Å². The first-order valence-corrected chi connectivity index (χ1v) is 6.47. The Hall–Kier alpha value is -3.08. The van der Waals surface area contributed by atoms with Crippen molar-refractivity contribution in [3.05, 3.63) is 63.3 Å². The zero-order valence-corrected chi connectivity index (χ0v) is 10.6. The summed E-state index contributed by atoms with van der Waals surface area (Å²) in [6.07, 6.45) is 0. The first-order chi connectivity index (χ1) is 10.3. The highest BCUT2D eigenvalue weighted by Crippen LogP contribution is 2.31. The van der Waals surface area contributed by atoms with E-state index in [0.717, 1.165) is 10.8 Å². The molecule has 21 heavy (non-hydrogen) atoms. The van der Waals surface area contributed by atoms with Crippen molar-refractivity contribution < 1.29 is 8.83 Å². The topological polar surface area (TPSA) is 64.8 Å². The van der Waals surface area contributed by atoms with E-state index in [1.807, 2.05) is 24.3 Å². The van der Waals surface area contributed by atoms with Crippen LogP contribution in [0.15, 0.2) is 60.9 Å². The zero-order valence-electron chi connectivity index (χ0n) is 10.6. The average molecular weight is 277 g/mol. The fourth-order valence-corrected chi connectivity index (χ4v) is 2.99. The first-order valence-electron chi connectivity index (χ1n) is 6.47. The van der Waals surface area contributed by atoms with Crippen LogP contribution in [0.25, 0.3) is 38.5 Å². The fraction of sp³-hybridized carbons (Fsp3) is 0. The van der Waals surface area contributed by atoms with Gasteiger partial charge in [-0.1, -0.05) is 18.2 Å². The molecule has 0 unspecified atom stereocenters. The Morgan fingerprint density at radius 2 is 1.14 bits per heavy atom. The third-order valence-electron chi connectivity index (χ3n) is 3.87. The molecule has 3 aromatic heterocycles. The third-order valence-corrected chi connectivity index (χ3v) is 3.87.